The first-order valence-electron chi connectivity index (χ1n) is 6.66. The highest BCUT2D eigenvalue weighted by molar-refractivity contribution is 5.30. The van der Waals surface area contributed by atoms with Gasteiger partial charge in [0, 0.05) is 7.11 Å². The first-order valence-corrected chi connectivity index (χ1v) is 6.66. The Hall–Kier alpha value is -0.930. The summed E-state index contributed by atoms with van der Waals surface area (Å²) in [5.74, 6) is -0.184. The molecule has 0 radical (unpaired) electrons. The van der Waals surface area contributed by atoms with Gasteiger partial charge in [-0.15, -0.1) is 0 Å². The number of methoxy groups -OCH3 is 1. The van der Waals surface area contributed by atoms with Crippen LogP contribution in [0.2, 0.25) is 0 Å². The topological polar surface area (TPSA) is 21.3 Å². The maximum Gasteiger partial charge on any atom is 0.123 e. The van der Waals surface area contributed by atoms with Crippen LogP contribution in [0.5, 0.6) is 0 Å². The molecule has 1 rings (SSSR count). The Morgan fingerprint density at radius 3 is 2.56 bits per heavy atom. The average molecular weight is 253 g/mol. The zero-order chi connectivity index (χ0) is 13.5. The van der Waals surface area contributed by atoms with Crippen molar-refractivity contribution in [1.82, 2.24) is 5.32 Å². The van der Waals surface area contributed by atoms with Gasteiger partial charge >= 0.3 is 0 Å². The highest BCUT2D eigenvalue weighted by atomic mass is 19.1. The van der Waals surface area contributed by atoms with E-state index in [0.717, 1.165) is 30.5 Å². The van der Waals surface area contributed by atoms with Gasteiger partial charge in [-0.25, -0.2) is 4.39 Å². The van der Waals surface area contributed by atoms with E-state index >= 15 is 0 Å². The van der Waals surface area contributed by atoms with Gasteiger partial charge < -0.3 is 10.1 Å². The van der Waals surface area contributed by atoms with Gasteiger partial charge in [-0.2, -0.15) is 0 Å². The second kappa shape index (κ2) is 7.49. The number of hydrogen-bond donors (Lipinski definition) is 1. The van der Waals surface area contributed by atoms with Crippen LogP contribution in [0, 0.1) is 12.7 Å². The molecule has 0 heterocycles. The Morgan fingerprint density at radius 1 is 1.33 bits per heavy atom. The Kier molecular flexibility index (Phi) is 6.30. The molecule has 0 aromatic heterocycles. The normalized spacial score (nSPS) is 14.5. The molecule has 0 aliphatic rings. The van der Waals surface area contributed by atoms with Gasteiger partial charge in [-0.1, -0.05) is 26.3 Å². The van der Waals surface area contributed by atoms with Crippen molar-refractivity contribution in [3.05, 3.63) is 35.1 Å². The Bertz CT molecular complexity index is 368. The first kappa shape index (κ1) is 15.1. The summed E-state index contributed by atoms with van der Waals surface area (Å²) < 4.78 is 18.8. The molecule has 0 saturated heterocycles. The fraction of sp³-hybridized carbons (Fsp3) is 0.600. The largest absolute Gasteiger partial charge is 0.379 e. The molecule has 0 spiro atoms. The second-order valence-electron chi connectivity index (χ2n) is 4.60. The van der Waals surface area contributed by atoms with Crippen molar-refractivity contribution in [3.63, 3.8) is 0 Å². The van der Waals surface area contributed by atoms with Crippen molar-refractivity contribution in [1.29, 1.82) is 0 Å². The average Bonchev–Trinajstić information content (AvgIpc) is 2.34. The SMILES string of the molecule is CCCC(OC)C(NCC)c1ccc(F)cc1C. The predicted molar refractivity (Wildman–Crippen MR) is 73.3 cm³/mol. The van der Waals surface area contributed by atoms with Gasteiger partial charge in [0.1, 0.15) is 5.82 Å². The molecule has 0 saturated carbocycles. The van der Waals surface area contributed by atoms with E-state index < -0.39 is 0 Å². The minimum Gasteiger partial charge on any atom is -0.379 e. The first-order chi connectivity index (χ1) is 8.63. The Labute approximate surface area is 110 Å². The molecule has 2 unspecified atom stereocenters. The molecule has 1 aromatic rings. The molecular formula is C15H24FNO. The van der Waals surface area contributed by atoms with Crippen molar-refractivity contribution in [2.45, 2.75) is 45.8 Å². The van der Waals surface area contributed by atoms with Crippen LogP contribution in [0.15, 0.2) is 18.2 Å². The van der Waals surface area contributed by atoms with Crippen LogP contribution >= 0.6 is 0 Å². The molecule has 102 valence electrons. The lowest BCUT2D eigenvalue weighted by Crippen LogP contribution is -2.33. The molecule has 0 bridgehead atoms. The van der Waals surface area contributed by atoms with Crippen LogP contribution in [0.25, 0.3) is 0 Å². The molecule has 18 heavy (non-hydrogen) atoms. The summed E-state index contributed by atoms with van der Waals surface area (Å²) in [6.45, 7) is 7.03. The molecule has 0 amide bonds. The minimum absolute atomic E-state index is 0.124. The van der Waals surface area contributed by atoms with E-state index in [9.17, 15) is 4.39 Å². The third-order valence-corrected chi connectivity index (χ3v) is 3.24. The predicted octanol–water partition coefficient (Wildman–Crippen LogP) is 3.60. The van der Waals surface area contributed by atoms with Crippen molar-refractivity contribution in [2.75, 3.05) is 13.7 Å². The van der Waals surface area contributed by atoms with Gasteiger partial charge in [0.15, 0.2) is 0 Å². The Balaban J connectivity index is 3.01. The molecule has 2 atom stereocenters. The van der Waals surface area contributed by atoms with Gasteiger partial charge in [-0.05, 0) is 43.1 Å². The fourth-order valence-corrected chi connectivity index (χ4v) is 2.35. The third kappa shape index (κ3) is 3.79. The van der Waals surface area contributed by atoms with E-state index in [1.54, 1.807) is 13.2 Å². The summed E-state index contributed by atoms with van der Waals surface area (Å²) in [6, 6.07) is 5.09. The van der Waals surface area contributed by atoms with E-state index in [-0.39, 0.29) is 18.0 Å². The molecule has 0 fully saturated rings. The molecule has 1 N–H and O–H groups in total. The number of ether oxygens (including phenoxy) is 1. The zero-order valence-electron chi connectivity index (χ0n) is 11.8. The highest BCUT2D eigenvalue weighted by Crippen LogP contribution is 2.25. The lowest BCUT2D eigenvalue weighted by molar-refractivity contribution is 0.0609. The molecule has 3 heteroatoms. The number of halogens is 1. The van der Waals surface area contributed by atoms with E-state index in [4.69, 9.17) is 4.74 Å². The van der Waals surface area contributed by atoms with Crippen LogP contribution in [-0.4, -0.2) is 19.8 Å². The summed E-state index contributed by atoms with van der Waals surface area (Å²) >= 11 is 0. The van der Waals surface area contributed by atoms with Crippen molar-refractivity contribution in [3.8, 4) is 0 Å². The van der Waals surface area contributed by atoms with Crippen molar-refractivity contribution in [2.24, 2.45) is 0 Å². The number of likely N-dealkylation sites (N-methyl/N-ethyl adjacent to an activating group) is 1. The van der Waals surface area contributed by atoms with Gasteiger partial charge in [0.25, 0.3) is 0 Å². The summed E-state index contributed by atoms with van der Waals surface area (Å²) in [4.78, 5) is 0. The van der Waals surface area contributed by atoms with Crippen molar-refractivity contribution >= 4 is 0 Å². The number of aryl methyl sites for hydroxylation is 1. The standard InChI is InChI=1S/C15H24FNO/c1-5-7-14(18-4)15(17-6-2)13-9-8-12(16)10-11(13)3/h8-10,14-15,17H,5-7H2,1-4H3. The van der Waals surface area contributed by atoms with Crippen LogP contribution in [0.3, 0.4) is 0 Å². The van der Waals surface area contributed by atoms with E-state index in [0.29, 0.717) is 0 Å². The molecule has 1 aromatic carbocycles. The molecular weight excluding hydrogens is 229 g/mol. The zero-order valence-corrected chi connectivity index (χ0v) is 11.8. The molecule has 2 nitrogen and oxygen atoms in total. The number of rotatable bonds is 7. The van der Waals surface area contributed by atoms with Gasteiger partial charge in [0.05, 0.1) is 12.1 Å². The lowest BCUT2D eigenvalue weighted by atomic mass is 9.94. The monoisotopic (exact) mass is 253 g/mol. The smallest absolute Gasteiger partial charge is 0.123 e. The third-order valence-electron chi connectivity index (χ3n) is 3.24. The van der Waals surface area contributed by atoms with E-state index in [1.165, 1.54) is 6.07 Å². The molecule has 0 aliphatic heterocycles. The quantitative estimate of drug-likeness (QED) is 0.801. The lowest BCUT2D eigenvalue weighted by Gasteiger charge is -2.28. The van der Waals surface area contributed by atoms with Crippen LogP contribution in [0.1, 0.15) is 43.9 Å². The highest BCUT2D eigenvalue weighted by Gasteiger charge is 2.23. The van der Waals surface area contributed by atoms with E-state index in [1.807, 2.05) is 13.0 Å². The van der Waals surface area contributed by atoms with E-state index in [2.05, 4.69) is 19.2 Å². The van der Waals surface area contributed by atoms with Crippen LogP contribution in [-0.2, 0) is 4.74 Å². The van der Waals surface area contributed by atoms with Gasteiger partial charge in [-0.3, -0.25) is 0 Å². The maximum absolute atomic E-state index is 13.2. The summed E-state index contributed by atoms with van der Waals surface area (Å²) in [5.41, 5.74) is 2.10. The van der Waals surface area contributed by atoms with Crippen LogP contribution < -0.4 is 5.32 Å². The minimum atomic E-state index is -0.184. The summed E-state index contributed by atoms with van der Waals surface area (Å²) in [5, 5.41) is 3.45. The molecule has 0 aliphatic carbocycles. The summed E-state index contributed by atoms with van der Waals surface area (Å²) in [6.07, 6.45) is 2.19. The number of nitrogens with one attached hydrogen (secondary N) is 1. The van der Waals surface area contributed by atoms with Gasteiger partial charge in [0.2, 0.25) is 0 Å². The maximum atomic E-state index is 13.2. The fourth-order valence-electron chi connectivity index (χ4n) is 2.35. The van der Waals surface area contributed by atoms with Crippen LogP contribution in [0.4, 0.5) is 4.39 Å². The number of hydrogen-bond acceptors (Lipinski definition) is 2. The summed E-state index contributed by atoms with van der Waals surface area (Å²) in [7, 11) is 1.74. The van der Waals surface area contributed by atoms with Crippen molar-refractivity contribution < 1.29 is 9.13 Å². The number of benzene rings is 1. The second-order valence-corrected chi connectivity index (χ2v) is 4.60. The Morgan fingerprint density at radius 2 is 2.06 bits per heavy atom.